The van der Waals surface area contributed by atoms with Crippen molar-refractivity contribution in [2.24, 2.45) is 0 Å². The van der Waals surface area contributed by atoms with E-state index in [1.54, 1.807) is 10.7 Å². The van der Waals surface area contributed by atoms with Crippen molar-refractivity contribution in [2.75, 3.05) is 5.32 Å². The van der Waals surface area contributed by atoms with E-state index in [1.807, 2.05) is 73.3 Å². The van der Waals surface area contributed by atoms with Gasteiger partial charge in [-0.1, -0.05) is 60.7 Å². The van der Waals surface area contributed by atoms with Gasteiger partial charge in [0.15, 0.2) is 5.82 Å². The molecule has 0 aliphatic carbocycles. The van der Waals surface area contributed by atoms with Crippen LogP contribution in [0.4, 0.5) is 5.82 Å². The highest BCUT2D eigenvalue weighted by Gasteiger charge is 2.15. The lowest BCUT2D eigenvalue weighted by atomic mass is 10.0. The third-order valence-electron chi connectivity index (χ3n) is 4.83. The zero-order valence-electron chi connectivity index (χ0n) is 16.5. The molecule has 6 heteroatoms. The van der Waals surface area contributed by atoms with E-state index in [0.717, 1.165) is 28.1 Å². The number of anilines is 1. The third-order valence-corrected chi connectivity index (χ3v) is 4.83. The van der Waals surface area contributed by atoms with Crippen molar-refractivity contribution in [3.05, 3.63) is 89.9 Å². The fourth-order valence-electron chi connectivity index (χ4n) is 3.48. The third kappa shape index (κ3) is 4.27. The summed E-state index contributed by atoms with van der Waals surface area (Å²) in [6.07, 6.45) is 1.86. The van der Waals surface area contributed by atoms with E-state index in [0.29, 0.717) is 12.4 Å². The molecule has 6 nitrogen and oxygen atoms in total. The van der Waals surface area contributed by atoms with Gasteiger partial charge in [0.1, 0.15) is 6.54 Å². The van der Waals surface area contributed by atoms with Crippen LogP contribution in [0.3, 0.4) is 0 Å². The van der Waals surface area contributed by atoms with Crippen LogP contribution in [0, 0.1) is 13.8 Å². The van der Waals surface area contributed by atoms with E-state index >= 15 is 0 Å². The quantitative estimate of drug-likeness (QED) is 0.545. The largest absolute Gasteiger partial charge is 0.308 e. The topological polar surface area (TPSA) is 64.7 Å². The summed E-state index contributed by atoms with van der Waals surface area (Å²) in [6.45, 7) is 4.76. The molecular weight excluding hydrogens is 362 g/mol. The van der Waals surface area contributed by atoms with E-state index in [4.69, 9.17) is 0 Å². The van der Waals surface area contributed by atoms with Crippen molar-refractivity contribution in [3.8, 4) is 11.1 Å². The van der Waals surface area contributed by atoms with Gasteiger partial charge in [-0.05, 0) is 25.0 Å². The minimum Gasteiger partial charge on any atom is -0.308 e. The summed E-state index contributed by atoms with van der Waals surface area (Å²) < 4.78 is 3.55. The fourth-order valence-corrected chi connectivity index (χ4v) is 3.48. The van der Waals surface area contributed by atoms with Gasteiger partial charge in [0.05, 0.1) is 12.2 Å². The number of hydrogen-bond acceptors (Lipinski definition) is 3. The number of aryl methyl sites for hydroxylation is 1. The van der Waals surface area contributed by atoms with Crippen LogP contribution in [-0.4, -0.2) is 25.5 Å². The Bertz CT molecular complexity index is 1110. The Balaban J connectivity index is 1.43. The molecule has 0 fully saturated rings. The SMILES string of the molecule is Cc1nn(CC(=O)Nc2ccn(Cc3ccccc3)n2)c(C)c1-c1ccccc1. The maximum absolute atomic E-state index is 12.5. The van der Waals surface area contributed by atoms with Gasteiger partial charge in [0, 0.05) is 23.5 Å². The first-order chi connectivity index (χ1) is 14.1. The molecule has 0 spiro atoms. The zero-order chi connectivity index (χ0) is 20.2. The van der Waals surface area contributed by atoms with E-state index < -0.39 is 0 Å². The summed E-state index contributed by atoms with van der Waals surface area (Å²) in [4.78, 5) is 12.5. The van der Waals surface area contributed by atoms with Gasteiger partial charge >= 0.3 is 0 Å². The smallest absolute Gasteiger partial charge is 0.247 e. The molecule has 2 aromatic heterocycles. The number of amides is 1. The molecule has 0 radical (unpaired) electrons. The lowest BCUT2D eigenvalue weighted by Crippen LogP contribution is -2.20. The molecule has 29 heavy (non-hydrogen) atoms. The molecule has 0 saturated heterocycles. The Labute approximate surface area is 169 Å². The molecule has 0 bridgehead atoms. The van der Waals surface area contributed by atoms with Crippen molar-refractivity contribution >= 4 is 11.7 Å². The van der Waals surface area contributed by atoms with Gasteiger partial charge in [0.2, 0.25) is 5.91 Å². The van der Waals surface area contributed by atoms with Gasteiger partial charge in [-0.15, -0.1) is 0 Å². The van der Waals surface area contributed by atoms with E-state index in [2.05, 4.69) is 27.6 Å². The van der Waals surface area contributed by atoms with Crippen molar-refractivity contribution in [3.63, 3.8) is 0 Å². The number of carbonyl (C=O) groups is 1. The first-order valence-corrected chi connectivity index (χ1v) is 9.57. The molecule has 0 unspecified atom stereocenters. The summed E-state index contributed by atoms with van der Waals surface area (Å²) in [5.41, 5.74) is 5.22. The van der Waals surface area contributed by atoms with Crippen LogP contribution in [0.15, 0.2) is 72.9 Å². The average Bonchev–Trinajstić information content (AvgIpc) is 3.26. The highest BCUT2D eigenvalue weighted by molar-refractivity contribution is 5.89. The summed E-state index contributed by atoms with van der Waals surface area (Å²) in [6, 6.07) is 22.0. The maximum Gasteiger partial charge on any atom is 0.247 e. The Morgan fingerprint density at radius 1 is 0.931 bits per heavy atom. The van der Waals surface area contributed by atoms with E-state index in [1.165, 1.54) is 0 Å². The molecule has 0 atom stereocenters. The monoisotopic (exact) mass is 385 g/mol. The molecule has 0 aliphatic heterocycles. The Hall–Kier alpha value is -3.67. The summed E-state index contributed by atoms with van der Waals surface area (Å²) in [7, 11) is 0. The first kappa shape index (κ1) is 18.7. The number of aromatic nitrogens is 4. The Morgan fingerprint density at radius 2 is 1.62 bits per heavy atom. The molecule has 0 aliphatic rings. The summed E-state index contributed by atoms with van der Waals surface area (Å²) >= 11 is 0. The van der Waals surface area contributed by atoms with Crippen molar-refractivity contribution in [2.45, 2.75) is 26.9 Å². The van der Waals surface area contributed by atoms with Crippen LogP contribution in [0.25, 0.3) is 11.1 Å². The molecular formula is C23H23N5O. The van der Waals surface area contributed by atoms with Gasteiger partial charge in [-0.25, -0.2) is 0 Å². The number of hydrogen-bond donors (Lipinski definition) is 1. The van der Waals surface area contributed by atoms with Crippen LogP contribution in [0.5, 0.6) is 0 Å². The first-order valence-electron chi connectivity index (χ1n) is 9.57. The van der Waals surface area contributed by atoms with Crippen LogP contribution in [0.1, 0.15) is 17.0 Å². The van der Waals surface area contributed by atoms with Crippen LogP contribution in [-0.2, 0) is 17.9 Å². The highest BCUT2D eigenvalue weighted by Crippen LogP contribution is 2.26. The molecule has 4 rings (SSSR count). The number of rotatable bonds is 6. The second kappa shape index (κ2) is 8.14. The summed E-state index contributed by atoms with van der Waals surface area (Å²) in [5, 5.41) is 11.9. The molecule has 1 amide bonds. The second-order valence-electron chi connectivity index (χ2n) is 7.00. The number of nitrogens with zero attached hydrogens (tertiary/aromatic N) is 4. The van der Waals surface area contributed by atoms with Gasteiger partial charge in [-0.2, -0.15) is 10.2 Å². The molecule has 4 aromatic rings. The number of nitrogens with one attached hydrogen (secondary N) is 1. The average molecular weight is 385 g/mol. The fraction of sp³-hybridized carbons (Fsp3) is 0.174. The Morgan fingerprint density at radius 3 is 2.34 bits per heavy atom. The molecule has 0 saturated carbocycles. The van der Waals surface area contributed by atoms with Crippen molar-refractivity contribution in [1.82, 2.24) is 19.6 Å². The predicted molar refractivity (Wildman–Crippen MR) is 114 cm³/mol. The second-order valence-corrected chi connectivity index (χ2v) is 7.00. The van der Waals surface area contributed by atoms with Crippen molar-refractivity contribution < 1.29 is 4.79 Å². The lowest BCUT2D eigenvalue weighted by molar-refractivity contribution is -0.117. The minimum atomic E-state index is -0.153. The molecule has 2 aromatic carbocycles. The standard InChI is InChI=1S/C23H23N5O/c1-17-23(20-11-7-4-8-12-20)18(2)28(25-17)16-22(29)24-21-13-14-27(26-21)15-19-9-5-3-6-10-19/h3-14H,15-16H2,1-2H3,(H,24,26,29). The summed E-state index contributed by atoms with van der Waals surface area (Å²) in [5.74, 6) is 0.385. The van der Waals surface area contributed by atoms with Crippen LogP contribution in [0.2, 0.25) is 0 Å². The van der Waals surface area contributed by atoms with E-state index in [9.17, 15) is 4.79 Å². The Kier molecular flexibility index (Phi) is 5.24. The predicted octanol–water partition coefficient (Wildman–Crippen LogP) is 4.05. The molecule has 1 N–H and O–H groups in total. The maximum atomic E-state index is 12.5. The van der Waals surface area contributed by atoms with Gasteiger partial charge < -0.3 is 5.32 Å². The lowest BCUT2D eigenvalue weighted by Gasteiger charge is -2.06. The molecule has 2 heterocycles. The molecule has 146 valence electrons. The van der Waals surface area contributed by atoms with Crippen LogP contribution >= 0.6 is 0 Å². The van der Waals surface area contributed by atoms with E-state index in [-0.39, 0.29) is 12.5 Å². The van der Waals surface area contributed by atoms with Crippen LogP contribution < -0.4 is 5.32 Å². The van der Waals surface area contributed by atoms with Gasteiger partial charge in [0.25, 0.3) is 0 Å². The normalized spacial score (nSPS) is 10.8. The zero-order valence-corrected chi connectivity index (χ0v) is 16.5. The van der Waals surface area contributed by atoms with Gasteiger partial charge in [-0.3, -0.25) is 14.2 Å². The highest BCUT2D eigenvalue weighted by atomic mass is 16.2. The number of benzene rings is 2. The minimum absolute atomic E-state index is 0.144. The number of carbonyl (C=O) groups excluding carboxylic acids is 1. The van der Waals surface area contributed by atoms with Crippen molar-refractivity contribution in [1.29, 1.82) is 0 Å².